The number of esters is 2. The molecule has 4 rings (SSSR count). The van der Waals surface area contributed by atoms with Gasteiger partial charge in [0, 0.05) is 6.07 Å². The zero-order valence-corrected chi connectivity index (χ0v) is 19.6. The van der Waals surface area contributed by atoms with E-state index in [1.807, 2.05) is 6.92 Å². The molecule has 1 heterocycles. The Morgan fingerprint density at radius 3 is 2.11 bits per heavy atom. The van der Waals surface area contributed by atoms with Gasteiger partial charge in [0.15, 0.2) is 0 Å². The lowest BCUT2D eigenvalue weighted by Crippen LogP contribution is -2.16. The maximum atomic E-state index is 13.8. The first-order valence-corrected chi connectivity index (χ1v) is 11.2. The van der Waals surface area contributed by atoms with E-state index >= 15 is 0 Å². The third kappa shape index (κ3) is 5.83. The zero-order chi connectivity index (χ0) is 27.4. The van der Waals surface area contributed by atoms with Gasteiger partial charge in [0.05, 0.1) is 23.1 Å². The lowest BCUT2D eigenvalue weighted by Gasteiger charge is -2.14. The number of ether oxygens (including phenoxy) is 3. The van der Waals surface area contributed by atoms with E-state index in [0.717, 1.165) is 24.3 Å². The van der Waals surface area contributed by atoms with Gasteiger partial charge >= 0.3 is 18.1 Å². The highest BCUT2D eigenvalue weighted by atomic mass is 19.4. The fraction of sp³-hybridized carbons (Fsp3) is 0.148. The van der Waals surface area contributed by atoms with E-state index in [-0.39, 0.29) is 34.6 Å². The van der Waals surface area contributed by atoms with Gasteiger partial charge in [-0.25, -0.2) is 14.0 Å². The summed E-state index contributed by atoms with van der Waals surface area (Å²) in [6.45, 7) is 2.02. The van der Waals surface area contributed by atoms with Crippen molar-refractivity contribution in [3.63, 3.8) is 0 Å². The van der Waals surface area contributed by atoms with Crippen molar-refractivity contribution in [2.24, 2.45) is 0 Å². The Bertz CT molecular complexity index is 1540. The predicted molar refractivity (Wildman–Crippen MR) is 126 cm³/mol. The van der Waals surface area contributed by atoms with Gasteiger partial charge in [-0.05, 0) is 67.1 Å². The topological polar surface area (TPSA) is 92.0 Å². The van der Waals surface area contributed by atoms with E-state index in [2.05, 4.69) is 0 Å². The summed E-state index contributed by atoms with van der Waals surface area (Å²) in [6.07, 6.45) is -4.50. The first-order valence-electron chi connectivity index (χ1n) is 11.2. The highest BCUT2D eigenvalue weighted by molar-refractivity contribution is 5.91. The van der Waals surface area contributed by atoms with E-state index in [9.17, 15) is 31.9 Å². The molecule has 0 aliphatic rings. The summed E-state index contributed by atoms with van der Waals surface area (Å²) in [5, 5.41) is -0.269. The second kappa shape index (κ2) is 10.8. The van der Waals surface area contributed by atoms with E-state index in [0.29, 0.717) is 6.42 Å². The van der Waals surface area contributed by atoms with Crippen LogP contribution in [-0.2, 0) is 10.9 Å². The largest absolute Gasteiger partial charge is 0.462 e. The smallest absolute Gasteiger partial charge is 0.453 e. The minimum Gasteiger partial charge on any atom is -0.462 e. The van der Waals surface area contributed by atoms with E-state index < -0.39 is 46.5 Å². The van der Waals surface area contributed by atoms with Gasteiger partial charge in [0.2, 0.25) is 11.2 Å². The van der Waals surface area contributed by atoms with Crippen LogP contribution in [-0.4, -0.2) is 18.5 Å². The first kappa shape index (κ1) is 26.4. The van der Waals surface area contributed by atoms with Crippen LogP contribution in [0.2, 0.25) is 0 Å². The number of alkyl halides is 3. The molecule has 196 valence electrons. The number of hydrogen-bond donors (Lipinski definition) is 0. The van der Waals surface area contributed by atoms with Crippen molar-refractivity contribution in [2.75, 3.05) is 6.61 Å². The molecule has 0 fully saturated rings. The third-order valence-corrected chi connectivity index (χ3v) is 5.12. The summed E-state index contributed by atoms with van der Waals surface area (Å²) in [6, 6.07) is 12.7. The Hall–Kier alpha value is -4.67. The van der Waals surface area contributed by atoms with Crippen LogP contribution in [0.5, 0.6) is 17.2 Å². The predicted octanol–water partition coefficient (Wildman–Crippen LogP) is 6.53. The molecule has 1 aromatic heterocycles. The van der Waals surface area contributed by atoms with E-state index in [1.54, 1.807) is 0 Å². The number of carbonyl (C=O) groups excluding carboxylic acids is 2. The maximum Gasteiger partial charge on any atom is 0.453 e. The SMILES string of the molecule is CCCOC(=O)c1ccc(Oc2c(C(F)(F)F)oc3cc(OC(=O)c4ccc(F)cc4)ccc3c2=O)cc1. The average Bonchev–Trinajstić information content (AvgIpc) is 2.88. The Kier molecular flexibility index (Phi) is 7.47. The van der Waals surface area contributed by atoms with Gasteiger partial charge in [-0.3, -0.25) is 4.79 Å². The van der Waals surface area contributed by atoms with Gasteiger partial charge in [-0.1, -0.05) is 6.92 Å². The molecular weight excluding hydrogens is 512 g/mol. The summed E-state index contributed by atoms with van der Waals surface area (Å²) in [5.41, 5.74) is -1.48. The molecule has 0 amide bonds. The fourth-order valence-electron chi connectivity index (χ4n) is 3.31. The monoisotopic (exact) mass is 530 g/mol. The van der Waals surface area contributed by atoms with Crippen molar-refractivity contribution in [2.45, 2.75) is 19.5 Å². The molecule has 0 spiro atoms. The second-order valence-corrected chi connectivity index (χ2v) is 7.90. The quantitative estimate of drug-likeness (QED) is 0.152. The van der Waals surface area contributed by atoms with Gasteiger partial charge in [-0.15, -0.1) is 0 Å². The van der Waals surface area contributed by atoms with Crippen LogP contribution >= 0.6 is 0 Å². The Morgan fingerprint density at radius 1 is 0.868 bits per heavy atom. The first-order chi connectivity index (χ1) is 18.1. The molecule has 0 saturated heterocycles. The van der Waals surface area contributed by atoms with Crippen molar-refractivity contribution in [1.82, 2.24) is 0 Å². The molecule has 0 aliphatic carbocycles. The highest BCUT2D eigenvalue weighted by Gasteiger charge is 2.40. The maximum absolute atomic E-state index is 13.8. The van der Waals surface area contributed by atoms with Crippen molar-refractivity contribution in [3.8, 4) is 17.2 Å². The van der Waals surface area contributed by atoms with Gasteiger partial charge in [-0.2, -0.15) is 13.2 Å². The molecule has 7 nitrogen and oxygen atoms in total. The average molecular weight is 530 g/mol. The molecule has 0 saturated carbocycles. The number of rotatable bonds is 7. The van der Waals surface area contributed by atoms with Crippen LogP contribution in [0.25, 0.3) is 11.0 Å². The fourth-order valence-corrected chi connectivity index (χ4v) is 3.31. The minimum absolute atomic E-state index is 0.00248. The summed E-state index contributed by atoms with van der Waals surface area (Å²) in [7, 11) is 0. The lowest BCUT2D eigenvalue weighted by atomic mass is 10.2. The van der Waals surface area contributed by atoms with Crippen molar-refractivity contribution >= 4 is 22.9 Å². The second-order valence-electron chi connectivity index (χ2n) is 7.90. The number of carbonyl (C=O) groups is 2. The third-order valence-electron chi connectivity index (χ3n) is 5.12. The molecule has 0 N–H and O–H groups in total. The number of hydrogen-bond acceptors (Lipinski definition) is 7. The number of benzene rings is 3. The number of fused-ring (bicyclic) bond motifs is 1. The van der Waals surface area contributed by atoms with Gasteiger partial charge in [0.25, 0.3) is 5.76 Å². The molecule has 0 bridgehead atoms. The molecular formula is C27H18F4O7. The summed E-state index contributed by atoms with van der Waals surface area (Å²) < 4.78 is 74.9. The van der Waals surface area contributed by atoms with Crippen LogP contribution in [0, 0.1) is 5.82 Å². The molecule has 0 aliphatic heterocycles. The number of halogens is 4. The summed E-state index contributed by atoms with van der Waals surface area (Å²) in [4.78, 5) is 37.2. The van der Waals surface area contributed by atoms with E-state index in [4.69, 9.17) is 18.6 Å². The Morgan fingerprint density at radius 2 is 1.47 bits per heavy atom. The summed E-state index contributed by atoms with van der Waals surface area (Å²) in [5.74, 6) is -5.26. The van der Waals surface area contributed by atoms with Crippen LogP contribution in [0.4, 0.5) is 17.6 Å². The van der Waals surface area contributed by atoms with Gasteiger partial charge < -0.3 is 18.6 Å². The van der Waals surface area contributed by atoms with Crippen LogP contribution in [0.3, 0.4) is 0 Å². The molecule has 0 atom stereocenters. The lowest BCUT2D eigenvalue weighted by molar-refractivity contribution is -0.154. The molecule has 0 radical (unpaired) electrons. The minimum atomic E-state index is -5.12. The molecule has 3 aromatic carbocycles. The van der Waals surface area contributed by atoms with Crippen LogP contribution in [0.15, 0.2) is 75.9 Å². The molecule has 11 heteroatoms. The van der Waals surface area contributed by atoms with Crippen molar-refractivity contribution in [1.29, 1.82) is 0 Å². The van der Waals surface area contributed by atoms with Crippen LogP contribution < -0.4 is 14.9 Å². The van der Waals surface area contributed by atoms with Crippen molar-refractivity contribution < 1.29 is 45.8 Å². The zero-order valence-electron chi connectivity index (χ0n) is 19.6. The van der Waals surface area contributed by atoms with E-state index in [1.165, 1.54) is 42.5 Å². The molecule has 38 heavy (non-hydrogen) atoms. The summed E-state index contributed by atoms with van der Waals surface area (Å²) >= 11 is 0. The Labute approximate surface area is 212 Å². The molecule has 0 unspecified atom stereocenters. The van der Waals surface area contributed by atoms with Crippen molar-refractivity contribution in [3.05, 3.63) is 99.7 Å². The Balaban J connectivity index is 1.66. The van der Waals surface area contributed by atoms with Gasteiger partial charge in [0.1, 0.15) is 22.9 Å². The normalized spacial score (nSPS) is 11.3. The van der Waals surface area contributed by atoms with Crippen LogP contribution in [0.1, 0.15) is 39.8 Å². The molecule has 4 aromatic rings. The highest BCUT2D eigenvalue weighted by Crippen LogP contribution is 2.38. The standard InChI is InChI=1S/C27H18F4O7/c1-2-13-35-25(33)15-5-9-18(10-6-15)36-23-22(32)20-12-11-19(14-21(20)38-24(23)27(29,30)31)37-26(34)16-3-7-17(28)8-4-16/h3-12,14H,2,13H2,1H3.